The minimum Gasteiger partial charge on any atom is -0.389 e. The van der Waals surface area contributed by atoms with Crippen molar-refractivity contribution in [3.05, 3.63) is 39.9 Å². The molecule has 0 spiro atoms. The van der Waals surface area contributed by atoms with Crippen LogP contribution in [-0.4, -0.2) is 11.2 Å². The van der Waals surface area contributed by atoms with Crippen LogP contribution in [-0.2, 0) is 0 Å². The van der Waals surface area contributed by atoms with Crippen molar-refractivity contribution in [1.29, 1.82) is 0 Å². The topological polar surface area (TPSA) is 20.2 Å². The smallest absolute Gasteiger partial charge is 0.0732 e. The normalized spacial score (nSPS) is 23.4. The lowest BCUT2D eigenvalue weighted by Gasteiger charge is -2.33. The van der Waals surface area contributed by atoms with E-state index in [0.717, 1.165) is 24.0 Å². The van der Waals surface area contributed by atoms with E-state index in [1.54, 1.807) is 6.07 Å². The Balaban J connectivity index is 2.43. The van der Waals surface area contributed by atoms with Crippen LogP contribution in [0.5, 0.6) is 0 Å². The summed E-state index contributed by atoms with van der Waals surface area (Å²) in [5.74, 6) is 0. The fourth-order valence-electron chi connectivity index (χ4n) is 2.44. The first-order chi connectivity index (χ1) is 7.89. The molecule has 0 aromatic heterocycles. The van der Waals surface area contributed by atoms with E-state index in [1.165, 1.54) is 0 Å². The van der Waals surface area contributed by atoms with Crippen LogP contribution in [0.4, 0.5) is 0 Å². The maximum atomic E-state index is 9.88. The van der Waals surface area contributed by atoms with Gasteiger partial charge in [0.1, 0.15) is 0 Å². The van der Waals surface area contributed by atoms with Crippen molar-refractivity contribution in [2.45, 2.75) is 32.8 Å². The number of hydrogen-bond acceptors (Lipinski definition) is 1. The highest BCUT2D eigenvalue weighted by atomic mass is 35.5. The summed E-state index contributed by atoms with van der Waals surface area (Å²) in [6.07, 6.45) is 3.19. The Morgan fingerprint density at radius 1 is 1.29 bits per heavy atom. The van der Waals surface area contributed by atoms with Gasteiger partial charge in [-0.2, -0.15) is 0 Å². The van der Waals surface area contributed by atoms with E-state index in [2.05, 4.69) is 13.8 Å². The van der Waals surface area contributed by atoms with E-state index in [-0.39, 0.29) is 5.41 Å². The van der Waals surface area contributed by atoms with Gasteiger partial charge in [-0.3, -0.25) is 0 Å². The Labute approximate surface area is 112 Å². The SMILES string of the molecule is CC1(C)CC(c2cccc(Cl)c2Cl)=CC(O)C1. The molecule has 2 rings (SSSR count). The number of hydrogen-bond donors (Lipinski definition) is 1. The third kappa shape index (κ3) is 2.85. The van der Waals surface area contributed by atoms with Gasteiger partial charge in [0.25, 0.3) is 0 Å². The van der Waals surface area contributed by atoms with E-state index in [0.29, 0.717) is 10.0 Å². The molecule has 1 nitrogen and oxygen atoms in total. The van der Waals surface area contributed by atoms with Crippen molar-refractivity contribution in [2.24, 2.45) is 5.41 Å². The third-order valence-electron chi connectivity index (χ3n) is 3.12. The minimum atomic E-state index is -0.399. The average Bonchev–Trinajstić information content (AvgIpc) is 2.19. The second kappa shape index (κ2) is 4.64. The zero-order valence-corrected chi connectivity index (χ0v) is 11.5. The highest BCUT2D eigenvalue weighted by Crippen LogP contribution is 2.42. The molecule has 0 bridgehead atoms. The molecule has 1 atom stereocenters. The molecule has 0 amide bonds. The van der Waals surface area contributed by atoms with E-state index in [9.17, 15) is 5.11 Å². The molecule has 1 N–H and O–H groups in total. The average molecular weight is 271 g/mol. The molecular formula is C14H16Cl2O. The summed E-state index contributed by atoms with van der Waals surface area (Å²) in [5.41, 5.74) is 2.11. The van der Waals surface area contributed by atoms with Gasteiger partial charge in [-0.05, 0) is 35.5 Å². The van der Waals surface area contributed by atoms with Crippen LogP contribution in [0.2, 0.25) is 10.0 Å². The second-order valence-electron chi connectivity index (χ2n) is 5.41. The number of aliphatic hydroxyl groups excluding tert-OH is 1. The molecule has 0 radical (unpaired) electrons. The van der Waals surface area contributed by atoms with Gasteiger partial charge in [-0.15, -0.1) is 0 Å². The van der Waals surface area contributed by atoms with Gasteiger partial charge in [0.05, 0.1) is 16.1 Å². The van der Waals surface area contributed by atoms with Crippen molar-refractivity contribution < 1.29 is 5.11 Å². The number of halogens is 2. The molecule has 0 heterocycles. The van der Waals surface area contributed by atoms with Crippen LogP contribution >= 0.6 is 23.2 Å². The predicted octanol–water partition coefficient (Wildman–Crippen LogP) is 4.56. The van der Waals surface area contributed by atoms with Gasteiger partial charge in [0.15, 0.2) is 0 Å². The Morgan fingerprint density at radius 2 is 2.00 bits per heavy atom. The first-order valence-corrected chi connectivity index (χ1v) is 6.48. The van der Waals surface area contributed by atoms with Crippen LogP contribution in [0.25, 0.3) is 5.57 Å². The number of rotatable bonds is 1. The van der Waals surface area contributed by atoms with Gasteiger partial charge in [0.2, 0.25) is 0 Å². The second-order valence-corrected chi connectivity index (χ2v) is 6.19. The van der Waals surface area contributed by atoms with Crippen molar-refractivity contribution in [2.75, 3.05) is 0 Å². The molecule has 0 fully saturated rings. The van der Waals surface area contributed by atoms with E-state index >= 15 is 0 Å². The number of benzene rings is 1. The molecule has 17 heavy (non-hydrogen) atoms. The first kappa shape index (κ1) is 12.9. The molecular weight excluding hydrogens is 255 g/mol. The summed E-state index contributed by atoms with van der Waals surface area (Å²) >= 11 is 12.2. The molecule has 0 aliphatic heterocycles. The maximum Gasteiger partial charge on any atom is 0.0732 e. The first-order valence-electron chi connectivity index (χ1n) is 5.72. The van der Waals surface area contributed by atoms with Gasteiger partial charge in [-0.25, -0.2) is 0 Å². The molecule has 92 valence electrons. The molecule has 3 heteroatoms. The lowest BCUT2D eigenvalue weighted by molar-refractivity contribution is 0.146. The van der Waals surface area contributed by atoms with Crippen LogP contribution in [0.1, 0.15) is 32.3 Å². The summed E-state index contributed by atoms with van der Waals surface area (Å²) in [5, 5.41) is 11.0. The quantitative estimate of drug-likeness (QED) is 0.794. The van der Waals surface area contributed by atoms with E-state index in [4.69, 9.17) is 23.2 Å². The maximum absolute atomic E-state index is 9.88. The fraction of sp³-hybridized carbons (Fsp3) is 0.429. The van der Waals surface area contributed by atoms with Crippen LogP contribution in [0, 0.1) is 5.41 Å². The molecule has 0 saturated heterocycles. The summed E-state index contributed by atoms with van der Waals surface area (Å²) in [7, 11) is 0. The number of allylic oxidation sites excluding steroid dienone is 1. The van der Waals surface area contributed by atoms with Crippen LogP contribution < -0.4 is 0 Å². The molecule has 1 unspecified atom stereocenters. The predicted molar refractivity (Wildman–Crippen MR) is 73.5 cm³/mol. The molecule has 0 saturated carbocycles. The Morgan fingerprint density at radius 3 is 2.65 bits per heavy atom. The van der Waals surface area contributed by atoms with Gasteiger partial charge >= 0.3 is 0 Å². The highest BCUT2D eigenvalue weighted by molar-refractivity contribution is 6.43. The Bertz CT molecular complexity index is 463. The monoisotopic (exact) mass is 270 g/mol. The Hall–Kier alpha value is -0.500. The zero-order chi connectivity index (χ0) is 12.6. The largest absolute Gasteiger partial charge is 0.389 e. The van der Waals surface area contributed by atoms with E-state index in [1.807, 2.05) is 18.2 Å². The van der Waals surface area contributed by atoms with Crippen LogP contribution in [0.3, 0.4) is 0 Å². The zero-order valence-electron chi connectivity index (χ0n) is 10.0. The van der Waals surface area contributed by atoms with Crippen molar-refractivity contribution in [1.82, 2.24) is 0 Å². The lowest BCUT2D eigenvalue weighted by Crippen LogP contribution is -2.24. The molecule has 1 aliphatic rings. The van der Waals surface area contributed by atoms with Crippen molar-refractivity contribution in [3.63, 3.8) is 0 Å². The Kier molecular flexibility index (Phi) is 3.53. The van der Waals surface area contributed by atoms with Crippen LogP contribution in [0.15, 0.2) is 24.3 Å². The van der Waals surface area contributed by atoms with Gasteiger partial charge in [0, 0.05) is 0 Å². The minimum absolute atomic E-state index is 0.0924. The molecule has 1 aliphatic carbocycles. The lowest BCUT2D eigenvalue weighted by atomic mass is 9.74. The summed E-state index contributed by atoms with van der Waals surface area (Å²) < 4.78 is 0. The summed E-state index contributed by atoms with van der Waals surface area (Å²) in [6, 6.07) is 5.62. The van der Waals surface area contributed by atoms with Gasteiger partial charge < -0.3 is 5.11 Å². The van der Waals surface area contributed by atoms with E-state index < -0.39 is 6.10 Å². The number of aliphatic hydroxyl groups is 1. The summed E-state index contributed by atoms with van der Waals surface area (Å²) in [6.45, 7) is 4.31. The third-order valence-corrected chi connectivity index (χ3v) is 3.94. The van der Waals surface area contributed by atoms with Gasteiger partial charge in [-0.1, -0.05) is 55.3 Å². The van der Waals surface area contributed by atoms with Crippen molar-refractivity contribution in [3.8, 4) is 0 Å². The molecule has 1 aromatic carbocycles. The standard InChI is InChI=1S/C14H16Cl2O/c1-14(2)7-9(6-10(17)8-14)11-4-3-5-12(15)13(11)16/h3-6,10,17H,7-8H2,1-2H3. The fourth-order valence-corrected chi connectivity index (χ4v) is 2.86. The summed E-state index contributed by atoms with van der Waals surface area (Å²) in [4.78, 5) is 0. The molecule has 1 aromatic rings. The highest BCUT2D eigenvalue weighted by Gasteiger charge is 2.29. The van der Waals surface area contributed by atoms with Crippen molar-refractivity contribution >= 4 is 28.8 Å².